The minimum atomic E-state index is -0.967. The van der Waals surface area contributed by atoms with E-state index in [4.69, 9.17) is 16.3 Å². The molecule has 0 saturated carbocycles. The Labute approximate surface area is 132 Å². The van der Waals surface area contributed by atoms with Crippen molar-refractivity contribution in [3.8, 4) is 0 Å². The Hall–Kier alpha value is -1.69. The highest BCUT2D eigenvalue weighted by atomic mass is 35.5. The van der Waals surface area contributed by atoms with Gasteiger partial charge in [0.2, 0.25) is 0 Å². The van der Waals surface area contributed by atoms with E-state index >= 15 is 0 Å². The topological polar surface area (TPSA) is 46.5 Å². The lowest BCUT2D eigenvalue weighted by Gasteiger charge is -2.19. The molecule has 0 aromatic heterocycles. The molecule has 3 nitrogen and oxygen atoms in total. The van der Waals surface area contributed by atoms with Crippen molar-refractivity contribution in [2.75, 3.05) is 6.61 Å². The standard InChI is InChI=1S/C16H13BClFO3/c18-12-3-4-13(15(19)9-12)16(20)8-10-1-2-11-5-6-22-17(21)14(11)7-10/h1-4,7,9,21H,5-6,8H2. The molecule has 0 aliphatic carbocycles. The van der Waals surface area contributed by atoms with Crippen LogP contribution in [0.15, 0.2) is 36.4 Å². The molecule has 0 unspecified atom stereocenters. The van der Waals surface area contributed by atoms with Crippen LogP contribution in [0.5, 0.6) is 0 Å². The van der Waals surface area contributed by atoms with Crippen molar-refractivity contribution in [1.82, 2.24) is 0 Å². The van der Waals surface area contributed by atoms with Crippen LogP contribution >= 0.6 is 11.6 Å². The van der Waals surface area contributed by atoms with E-state index in [1.165, 1.54) is 12.1 Å². The maximum atomic E-state index is 13.8. The Balaban J connectivity index is 1.84. The smallest absolute Gasteiger partial charge is 0.423 e. The molecule has 112 valence electrons. The van der Waals surface area contributed by atoms with E-state index in [9.17, 15) is 14.2 Å². The second-order valence-corrected chi connectivity index (χ2v) is 5.67. The minimum Gasteiger partial charge on any atom is -0.423 e. The number of rotatable bonds is 3. The molecule has 0 radical (unpaired) electrons. The molecule has 6 heteroatoms. The van der Waals surface area contributed by atoms with E-state index in [2.05, 4.69) is 0 Å². The van der Waals surface area contributed by atoms with Crippen molar-refractivity contribution < 1.29 is 18.9 Å². The van der Waals surface area contributed by atoms with Crippen molar-refractivity contribution >= 4 is 30.0 Å². The fraction of sp³-hybridized carbons (Fsp3) is 0.188. The van der Waals surface area contributed by atoms with E-state index in [1.54, 1.807) is 6.07 Å². The molecule has 22 heavy (non-hydrogen) atoms. The number of hydrogen-bond acceptors (Lipinski definition) is 3. The molecule has 0 spiro atoms. The second-order valence-electron chi connectivity index (χ2n) is 5.23. The summed E-state index contributed by atoms with van der Waals surface area (Å²) in [7, 11) is -0.967. The van der Waals surface area contributed by atoms with E-state index in [0.29, 0.717) is 17.6 Å². The number of halogens is 2. The average Bonchev–Trinajstić information content (AvgIpc) is 2.48. The molecule has 0 atom stereocenters. The molecule has 1 aliphatic rings. The zero-order valence-corrected chi connectivity index (χ0v) is 12.4. The summed E-state index contributed by atoms with van der Waals surface area (Å²) in [5.41, 5.74) is 2.40. The number of benzene rings is 2. The van der Waals surface area contributed by atoms with Gasteiger partial charge in [-0.25, -0.2) is 4.39 Å². The van der Waals surface area contributed by atoms with Gasteiger partial charge in [-0.1, -0.05) is 29.8 Å². The molecule has 1 aliphatic heterocycles. The first-order valence-electron chi connectivity index (χ1n) is 6.94. The largest absolute Gasteiger partial charge is 0.491 e. The quantitative estimate of drug-likeness (QED) is 0.697. The fourth-order valence-electron chi connectivity index (χ4n) is 2.58. The molecule has 2 aromatic carbocycles. The van der Waals surface area contributed by atoms with Crippen LogP contribution in [0.1, 0.15) is 21.5 Å². The minimum absolute atomic E-state index is 0.0129. The predicted molar refractivity (Wildman–Crippen MR) is 83.1 cm³/mol. The fourth-order valence-corrected chi connectivity index (χ4v) is 2.74. The van der Waals surface area contributed by atoms with Crippen LogP contribution in [-0.2, 0) is 17.5 Å². The van der Waals surface area contributed by atoms with Crippen LogP contribution < -0.4 is 5.46 Å². The predicted octanol–water partition coefficient (Wildman–Crippen LogP) is 2.16. The van der Waals surface area contributed by atoms with E-state index < -0.39 is 12.9 Å². The maximum absolute atomic E-state index is 13.8. The molecule has 0 amide bonds. The van der Waals surface area contributed by atoms with Crippen LogP contribution in [0.2, 0.25) is 5.02 Å². The lowest BCUT2D eigenvalue weighted by atomic mass is 9.73. The Morgan fingerprint density at radius 3 is 2.91 bits per heavy atom. The number of carbonyl (C=O) groups excluding carboxylic acids is 1. The van der Waals surface area contributed by atoms with Crippen LogP contribution in [0, 0.1) is 5.82 Å². The third-order valence-corrected chi connectivity index (χ3v) is 3.95. The molecule has 1 N–H and O–H groups in total. The monoisotopic (exact) mass is 318 g/mol. The van der Waals surface area contributed by atoms with Gasteiger partial charge in [-0.3, -0.25) is 4.79 Å². The zero-order chi connectivity index (χ0) is 15.7. The highest BCUT2D eigenvalue weighted by Crippen LogP contribution is 2.17. The Morgan fingerprint density at radius 1 is 1.32 bits per heavy atom. The Morgan fingerprint density at radius 2 is 2.14 bits per heavy atom. The van der Waals surface area contributed by atoms with Crippen LogP contribution in [-0.4, -0.2) is 24.5 Å². The maximum Gasteiger partial charge on any atom is 0.491 e. The average molecular weight is 319 g/mol. The van der Waals surface area contributed by atoms with Gasteiger partial charge in [-0.15, -0.1) is 0 Å². The Bertz CT molecular complexity index is 735. The van der Waals surface area contributed by atoms with E-state index in [-0.39, 0.29) is 22.8 Å². The molecule has 0 fully saturated rings. The first-order valence-corrected chi connectivity index (χ1v) is 7.32. The van der Waals surface area contributed by atoms with Gasteiger partial charge in [0.25, 0.3) is 0 Å². The number of carbonyl (C=O) groups is 1. The van der Waals surface area contributed by atoms with Crippen molar-refractivity contribution in [3.63, 3.8) is 0 Å². The second kappa shape index (κ2) is 6.20. The van der Waals surface area contributed by atoms with Crippen molar-refractivity contribution in [2.24, 2.45) is 0 Å². The zero-order valence-electron chi connectivity index (χ0n) is 11.7. The molecule has 1 heterocycles. The summed E-state index contributed by atoms with van der Waals surface area (Å²) in [6, 6.07) is 9.44. The normalized spacial score (nSPS) is 13.9. The van der Waals surface area contributed by atoms with Crippen LogP contribution in [0.3, 0.4) is 0 Å². The summed E-state index contributed by atoms with van der Waals surface area (Å²) in [6.45, 7) is 0.475. The third-order valence-electron chi connectivity index (χ3n) is 3.72. The van der Waals surface area contributed by atoms with Crippen LogP contribution in [0.4, 0.5) is 4.39 Å². The molecule has 3 rings (SSSR count). The summed E-state index contributed by atoms with van der Waals surface area (Å²) in [6.07, 6.45) is 0.783. The SMILES string of the molecule is O=C(Cc1ccc2c(c1)B(O)OCC2)c1ccc(Cl)cc1F. The molecular weight excluding hydrogens is 305 g/mol. The van der Waals surface area contributed by atoms with Gasteiger partial charge in [0.05, 0.1) is 5.56 Å². The summed E-state index contributed by atoms with van der Waals surface area (Å²) < 4.78 is 19.0. The van der Waals surface area contributed by atoms with Gasteiger partial charge < -0.3 is 9.68 Å². The first kappa shape index (κ1) is 15.2. The highest BCUT2D eigenvalue weighted by molar-refractivity contribution is 6.60. The van der Waals surface area contributed by atoms with Gasteiger partial charge >= 0.3 is 7.12 Å². The summed E-state index contributed by atoms with van der Waals surface area (Å²) in [5.74, 6) is -0.959. The van der Waals surface area contributed by atoms with Gasteiger partial charge in [-0.05, 0) is 41.2 Å². The summed E-state index contributed by atoms with van der Waals surface area (Å²) in [4.78, 5) is 12.2. The van der Waals surface area contributed by atoms with Gasteiger partial charge in [0, 0.05) is 18.1 Å². The first-order chi connectivity index (χ1) is 10.5. The van der Waals surface area contributed by atoms with Crippen molar-refractivity contribution in [1.29, 1.82) is 0 Å². The third kappa shape index (κ3) is 3.07. The number of fused-ring (bicyclic) bond motifs is 1. The molecule has 0 saturated heterocycles. The van der Waals surface area contributed by atoms with Gasteiger partial charge in [0.15, 0.2) is 5.78 Å². The van der Waals surface area contributed by atoms with Gasteiger partial charge in [-0.2, -0.15) is 0 Å². The lowest BCUT2D eigenvalue weighted by Crippen LogP contribution is -2.41. The van der Waals surface area contributed by atoms with Crippen molar-refractivity contribution in [3.05, 3.63) is 63.9 Å². The lowest BCUT2D eigenvalue weighted by molar-refractivity contribution is 0.0989. The van der Waals surface area contributed by atoms with E-state index in [1.807, 2.05) is 12.1 Å². The molecular formula is C16H13BClFO3. The van der Waals surface area contributed by atoms with Crippen molar-refractivity contribution in [2.45, 2.75) is 12.8 Å². The van der Waals surface area contributed by atoms with E-state index in [0.717, 1.165) is 18.1 Å². The number of Topliss-reactive ketones (excluding diaryl/α,β-unsaturated/α-hetero) is 1. The highest BCUT2D eigenvalue weighted by Gasteiger charge is 2.25. The molecule has 0 bridgehead atoms. The summed E-state index contributed by atoms with van der Waals surface area (Å²) >= 11 is 5.68. The number of ketones is 1. The Kier molecular flexibility index (Phi) is 4.29. The van der Waals surface area contributed by atoms with Gasteiger partial charge in [0.1, 0.15) is 5.82 Å². The number of hydrogen-bond donors (Lipinski definition) is 1. The molecule has 2 aromatic rings. The van der Waals surface area contributed by atoms with Crippen LogP contribution in [0.25, 0.3) is 0 Å². The summed E-state index contributed by atoms with van der Waals surface area (Å²) in [5, 5.41) is 10.1.